The molecule has 0 saturated heterocycles. The Balaban J connectivity index is 2.72. The highest BCUT2D eigenvalue weighted by atomic mass is 79.9. The van der Waals surface area contributed by atoms with E-state index in [1.807, 2.05) is 6.07 Å². The van der Waals surface area contributed by atoms with Gasteiger partial charge in [-0.05, 0) is 65.3 Å². The monoisotopic (exact) mass is 357 g/mol. The Morgan fingerprint density at radius 3 is 2.43 bits per heavy atom. The topological polar surface area (TPSA) is 30.5 Å². The second kappa shape index (κ2) is 8.64. The van der Waals surface area contributed by atoms with E-state index in [0.717, 1.165) is 41.9 Å². The van der Waals surface area contributed by atoms with E-state index < -0.39 is 0 Å². The molecule has 0 fully saturated rings. The number of halogens is 1. The summed E-state index contributed by atoms with van der Waals surface area (Å²) in [7, 11) is 3.38. The van der Waals surface area contributed by atoms with Crippen molar-refractivity contribution in [1.82, 2.24) is 5.32 Å². The minimum absolute atomic E-state index is 0.319. The average molecular weight is 358 g/mol. The summed E-state index contributed by atoms with van der Waals surface area (Å²) in [4.78, 5) is 0. The molecule has 1 rings (SSSR count). The maximum absolute atomic E-state index is 5.54. The third kappa shape index (κ3) is 5.51. The molecule has 0 aliphatic carbocycles. The summed E-state index contributed by atoms with van der Waals surface area (Å²) >= 11 is 3.56. The molecular weight excluding hydrogens is 330 g/mol. The van der Waals surface area contributed by atoms with Gasteiger partial charge in [0.25, 0.3) is 0 Å². The minimum atomic E-state index is 0.319. The van der Waals surface area contributed by atoms with Crippen LogP contribution < -0.4 is 14.8 Å². The predicted octanol–water partition coefficient (Wildman–Crippen LogP) is 4.42. The first-order chi connectivity index (χ1) is 9.95. The lowest BCUT2D eigenvalue weighted by atomic mass is 9.83. The molecule has 1 aromatic rings. The standard InChI is InChI=1S/C17H28BrNO2/c1-6-19-12-11-17(2,3)10-9-13-7-8-14(20-4)15(18)16(13)21-5/h7-8,19H,6,9-12H2,1-5H3. The molecule has 0 bridgehead atoms. The van der Waals surface area contributed by atoms with Crippen LogP contribution in [0.1, 0.15) is 39.2 Å². The number of ether oxygens (including phenoxy) is 2. The largest absolute Gasteiger partial charge is 0.495 e. The van der Waals surface area contributed by atoms with Crippen molar-refractivity contribution < 1.29 is 9.47 Å². The zero-order valence-electron chi connectivity index (χ0n) is 13.9. The van der Waals surface area contributed by atoms with Crippen molar-refractivity contribution in [3.05, 3.63) is 22.2 Å². The van der Waals surface area contributed by atoms with Gasteiger partial charge in [0.2, 0.25) is 0 Å². The molecule has 120 valence electrons. The maximum Gasteiger partial charge on any atom is 0.139 e. The lowest BCUT2D eigenvalue weighted by Gasteiger charge is -2.25. The van der Waals surface area contributed by atoms with Crippen LogP contribution in [0, 0.1) is 5.41 Å². The van der Waals surface area contributed by atoms with Gasteiger partial charge in [0, 0.05) is 0 Å². The van der Waals surface area contributed by atoms with Crippen LogP contribution >= 0.6 is 15.9 Å². The van der Waals surface area contributed by atoms with E-state index in [-0.39, 0.29) is 0 Å². The third-order valence-corrected chi connectivity index (χ3v) is 4.62. The summed E-state index contributed by atoms with van der Waals surface area (Å²) in [6, 6.07) is 4.09. The zero-order valence-corrected chi connectivity index (χ0v) is 15.5. The number of aryl methyl sites for hydroxylation is 1. The highest BCUT2D eigenvalue weighted by Gasteiger charge is 2.19. The van der Waals surface area contributed by atoms with E-state index in [1.54, 1.807) is 14.2 Å². The van der Waals surface area contributed by atoms with Crippen LogP contribution in [-0.4, -0.2) is 27.3 Å². The molecule has 0 heterocycles. The number of nitrogens with one attached hydrogen (secondary N) is 1. The van der Waals surface area contributed by atoms with Crippen LogP contribution in [0.2, 0.25) is 0 Å². The van der Waals surface area contributed by atoms with Crippen LogP contribution in [0.3, 0.4) is 0 Å². The Morgan fingerprint density at radius 2 is 1.86 bits per heavy atom. The van der Waals surface area contributed by atoms with E-state index in [2.05, 4.69) is 48.1 Å². The predicted molar refractivity (Wildman–Crippen MR) is 92.5 cm³/mol. The molecule has 0 spiro atoms. The van der Waals surface area contributed by atoms with Crippen molar-refractivity contribution in [2.75, 3.05) is 27.3 Å². The molecule has 0 aromatic heterocycles. The molecule has 0 atom stereocenters. The Kier molecular flexibility index (Phi) is 7.53. The summed E-state index contributed by atoms with van der Waals surface area (Å²) in [6.07, 6.45) is 3.32. The number of hydrogen-bond acceptors (Lipinski definition) is 3. The fourth-order valence-corrected chi connectivity index (χ4v) is 3.07. The second-order valence-corrected chi connectivity index (χ2v) is 6.83. The summed E-state index contributed by atoms with van der Waals surface area (Å²) in [6.45, 7) is 8.92. The van der Waals surface area contributed by atoms with Crippen molar-refractivity contribution in [2.45, 2.75) is 40.0 Å². The van der Waals surface area contributed by atoms with Gasteiger partial charge in [-0.25, -0.2) is 0 Å². The van der Waals surface area contributed by atoms with Gasteiger partial charge in [-0.15, -0.1) is 0 Å². The van der Waals surface area contributed by atoms with Crippen LogP contribution in [-0.2, 0) is 6.42 Å². The van der Waals surface area contributed by atoms with Crippen molar-refractivity contribution in [2.24, 2.45) is 5.41 Å². The van der Waals surface area contributed by atoms with E-state index in [0.29, 0.717) is 5.41 Å². The van der Waals surface area contributed by atoms with Crippen LogP contribution in [0.5, 0.6) is 11.5 Å². The molecular formula is C17H28BrNO2. The first-order valence-corrected chi connectivity index (χ1v) is 8.34. The molecule has 0 radical (unpaired) electrons. The van der Waals surface area contributed by atoms with Crippen molar-refractivity contribution in [3.63, 3.8) is 0 Å². The van der Waals surface area contributed by atoms with E-state index in [1.165, 1.54) is 12.0 Å². The average Bonchev–Trinajstić information content (AvgIpc) is 2.45. The highest BCUT2D eigenvalue weighted by Crippen LogP contribution is 2.39. The normalized spacial score (nSPS) is 11.5. The molecule has 21 heavy (non-hydrogen) atoms. The summed E-state index contributed by atoms with van der Waals surface area (Å²) < 4.78 is 11.8. The van der Waals surface area contributed by atoms with Crippen molar-refractivity contribution in [1.29, 1.82) is 0 Å². The van der Waals surface area contributed by atoms with Crippen molar-refractivity contribution in [3.8, 4) is 11.5 Å². The number of hydrogen-bond donors (Lipinski definition) is 1. The summed E-state index contributed by atoms with van der Waals surface area (Å²) in [5.41, 5.74) is 1.54. The molecule has 0 aliphatic heterocycles. The lowest BCUT2D eigenvalue weighted by molar-refractivity contribution is 0.301. The minimum Gasteiger partial charge on any atom is -0.495 e. The van der Waals surface area contributed by atoms with Gasteiger partial charge in [0.1, 0.15) is 16.0 Å². The van der Waals surface area contributed by atoms with Gasteiger partial charge in [0.15, 0.2) is 0 Å². The first-order valence-electron chi connectivity index (χ1n) is 7.55. The van der Waals surface area contributed by atoms with Gasteiger partial charge in [-0.1, -0.05) is 26.8 Å². The Labute approximate surface area is 137 Å². The molecule has 0 amide bonds. The lowest BCUT2D eigenvalue weighted by Crippen LogP contribution is -2.22. The number of benzene rings is 1. The molecule has 4 heteroatoms. The summed E-state index contributed by atoms with van der Waals surface area (Å²) in [5, 5.41) is 3.40. The maximum atomic E-state index is 5.54. The smallest absolute Gasteiger partial charge is 0.139 e. The molecule has 1 N–H and O–H groups in total. The SMILES string of the molecule is CCNCCC(C)(C)CCc1ccc(OC)c(Br)c1OC. The second-order valence-electron chi connectivity index (χ2n) is 6.04. The van der Waals surface area contributed by atoms with E-state index in [4.69, 9.17) is 9.47 Å². The quantitative estimate of drug-likeness (QED) is 0.663. The molecule has 0 saturated carbocycles. The van der Waals surface area contributed by atoms with Crippen LogP contribution in [0.25, 0.3) is 0 Å². The molecule has 1 aromatic carbocycles. The van der Waals surface area contributed by atoms with E-state index >= 15 is 0 Å². The summed E-state index contributed by atoms with van der Waals surface area (Å²) in [5.74, 6) is 1.69. The highest BCUT2D eigenvalue weighted by molar-refractivity contribution is 9.10. The Hall–Kier alpha value is -0.740. The first kappa shape index (κ1) is 18.3. The van der Waals surface area contributed by atoms with Gasteiger partial charge >= 0.3 is 0 Å². The Bertz CT molecular complexity index is 447. The molecule has 0 aliphatic rings. The Morgan fingerprint density at radius 1 is 1.14 bits per heavy atom. The molecule has 3 nitrogen and oxygen atoms in total. The third-order valence-electron chi connectivity index (χ3n) is 3.87. The van der Waals surface area contributed by atoms with Gasteiger partial charge < -0.3 is 14.8 Å². The van der Waals surface area contributed by atoms with Gasteiger partial charge in [-0.2, -0.15) is 0 Å². The van der Waals surface area contributed by atoms with Crippen molar-refractivity contribution >= 4 is 15.9 Å². The molecule has 0 unspecified atom stereocenters. The zero-order chi connectivity index (χ0) is 15.9. The number of rotatable bonds is 9. The fraction of sp³-hybridized carbons (Fsp3) is 0.647. The van der Waals surface area contributed by atoms with E-state index in [9.17, 15) is 0 Å². The fourth-order valence-electron chi connectivity index (χ4n) is 2.35. The van der Waals surface area contributed by atoms with Gasteiger partial charge in [0.05, 0.1) is 14.2 Å². The van der Waals surface area contributed by atoms with Crippen LogP contribution in [0.15, 0.2) is 16.6 Å². The van der Waals surface area contributed by atoms with Gasteiger partial charge in [-0.3, -0.25) is 0 Å². The number of methoxy groups -OCH3 is 2. The van der Waals surface area contributed by atoms with Crippen LogP contribution in [0.4, 0.5) is 0 Å².